The second kappa shape index (κ2) is 12.3. The number of carbonyl (C=O) groups excluding carboxylic acids is 2. The molecule has 0 heterocycles. The van der Waals surface area contributed by atoms with E-state index in [1.807, 2.05) is 0 Å². The summed E-state index contributed by atoms with van der Waals surface area (Å²) in [4.78, 5) is 25.3. The summed E-state index contributed by atoms with van der Waals surface area (Å²) in [7, 11) is -14.6. The van der Waals surface area contributed by atoms with Crippen molar-refractivity contribution in [3.05, 3.63) is 93.5 Å². The van der Waals surface area contributed by atoms with Crippen LogP contribution in [-0.2, 0) is 34.5 Å². The first kappa shape index (κ1) is 34.5. The van der Waals surface area contributed by atoms with Crippen molar-refractivity contribution < 1.29 is 107 Å². The van der Waals surface area contributed by atoms with Crippen molar-refractivity contribution in [3.63, 3.8) is 0 Å². The molecule has 4 N–H and O–H groups in total. The van der Waals surface area contributed by atoms with Crippen LogP contribution in [0.15, 0.2) is 87.2 Å². The predicted molar refractivity (Wildman–Crippen MR) is 130 cm³/mol. The SMILES string of the molecule is NC1(Nc2cccc(S(=O)(=O)/C=C/OS(=O)(=O)[O-])c2)C(S(=O)(=O)O)=CCC2=C1C(=O)c1ccccc1C2=O.[Na+].[Na+]. The Morgan fingerprint density at radius 3 is 2.12 bits per heavy atom. The van der Waals surface area contributed by atoms with Gasteiger partial charge in [-0.2, -0.15) is 8.42 Å². The number of hydrogen-bond donors (Lipinski definition) is 3. The second-order valence-electron chi connectivity index (χ2n) is 8.09. The number of anilines is 1. The van der Waals surface area contributed by atoms with Gasteiger partial charge in [0, 0.05) is 22.4 Å². The van der Waals surface area contributed by atoms with E-state index in [1.165, 1.54) is 30.3 Å². The molecule has 0 saturated carbocycles. The Hall–Kier alpha value is -1.67. The summed E-state index contributed by atoms with van der Waals surface area (Å²) in [5, 5.41) is 2.86. The van der Waals surface area contributed by atoms with E-state index in [0.29, 0.717) is 5.41 Å². The van der Waals surface area contributed by atoms with Crippen molar-refractivity contribution in [2.24, 2.45) is 5.73 Å². The zero-order valence-electron chi connectivity index (χ0n) is 20.9. The average molecular weight is 628 g/mol. The number of benzene rings is 2. The van der Waals surface area contributed by atoms with Gasteiger partial charge in [-0.25, -0.2) is 16.8 Å². The molecule has 0 amide bonds. The van der Waals surface area contributed by atoms with Gasteiger partial charge in [-0.15, -0.1) is 0 Å². The van der Waals surface area contributed by atoms with Crippen LogP contribution in [0, 0.1) is 0 Å². The number of fused-ring (bicyclic) bond motifs is 1. The van der Waals surface area contributed by atoms with Gasteiger partial charge >= 0.3 is 59.1 Å². The van der Waals surface area contributed by atoms with E-state index < -0.39 is 63.0 Å². The quantitative estimate of drug-likeness (QED) is 0.0861. The summed E-state index contributed by atoms with van der Waals surface area (Å²) in [5.74, 6) is -1.35. The van der Waals surface area contributed by atoms with Crippen LogP contribution in [0.3, 0.4) is 0 Å². The monoisotopic (exact) mass is 627 g/mol. The molecular formula is C22H17N2Na2O11S3+. The van der Waals surface area contributed by atoms with Crippen LogP contribution in [-0.4, -0.2) is 51.6 Å². The number of carbonyl (C=O) groups is 2. The van der Waals surface area contributed by atoms with Crippen molar-refractivity contribution in [1.82, 2.24) is 0 Å². The van der Waals surface area contributed by atoms with Gasteiger partial charge in [-0.3, -0.25) is 14.1 Å². The van der Waals surface area contributed by atoms with E-state index in [-0.39, 0.29) is 94.2 Å². The number of rotatable bonds is 7. The number of nitrogens with one attached hydrogen (secondary N) is 1. The molecule has 2 aromatic carbocycles. The van der Waals surface area contributed by atoms with Gasteiger partial charge < -0.3 is 19.8 Å². The largest absolute Gasteiger partial charge is 1.00 e. The number of hydrogen-bond acceptors (Lipinski definition) is 12. The van der Waals surface area contributed by atoms with Gasteiger partial charge in [-0.05, 0) is 24.6 Å². The van der Waals surface area contributed by atoms with E-state index in [4.69, 9.17) is 5.73 Å². The third-order valence-corrected chi connectivity index (χ3v) is 8.46. The molecule has 0 radical (unpaired) electrons. The number of Topliss-reactive ketones (excluding diaryl/α,β-unsaturated/α-hetero) is 2. The van der Waals surface area contributed by atoms with Gasteiger partial charge in [0.15, 0.2) is 17.2 Å². The third-order valence-electron chi connectivity index (χ3n) is 5.68. The number of allylic oxidation sites excluding steroid dienone is 2. The van der Waals surface area contributed by atoms with E-state index in [2.05, 4.69) is 9.50 Å². The molecule has 2 aliphatic rings. The molecule has 0 spiro atoms. The molecule has 0 fully saturated rings. The molecule has 18 heteroatoms. The topological polar surface area (TPSA) is 227 Å². The Morgan fingerprint density at radius 1 is 0.950 bits per heavy atom. The first-order chi connectivity index (χ1) is 17.5. The molecule has 2 aliphatic carbocycles. The predicted octanol–water partition coefficient (Wildman–Crippen LogP) is -4.97. The van der Waals surface area contributed by atoms with Crippen LogP contribution in [0.1, 0.15) is 27.1 Å². The molecule has 0 bridgehead atoms. The van der Waals surface area contributed by atoms with Crippen LogP contribution in [0.5, 0.6) is 0 Å². The van der Waals surface area contributed by atoms with Crippen molar-refractivity contribution >= 4 is 47.6 Å². The maximum Gasteiger partial charge on any atom is 1.00 e. The maximum atomic E-state index is 13.5. The van der Waals surface area contributed by atoms with Gasteiger partial charge in [0.2, 0.25) is 9.84 Å². The molecule has 40 heavy (non-hydrogen) atoms. The van der Waals surface area contributed by atoms with Crippen LogP contribution in [0.25, 0.3) is 0 Å². The van der Waals surface area contributed by atoms with E-state index in [9.17, 15) is 43.9 Å². The molecule has 2 aromatic rings. The van der Waals surface area contributed by atoms with Gasteiger partial charge in [0.1, 0.15) is 11.2 Å². The summed E-state index contributed by atoms with van der Waals surface area (Å²) in [6.07, 6.45) is 0.805. The fourth-order valence-corrected chi connectivity index (χ4v) is 6.21. The summed E-state index contributed by atoms with van der Waals surface area (Å²) < 4.78 is 94.9. The van der Waals surface area contributed by atoms with Crippen molar-refractivity contribution in [1.29, 1.82) is 0 Å². The smallest absolute Gasteiger partial charge is 0.716 e. The Kier molecular flexibility index (Phi) is 10.6. The van der Waals surface area contributed by atoms with E-state index in [1.54, 1.807) is 6.07 Å². The van der Waals surface area contributed by atoms with E-state index >= 15 is 0 Å². The molecule has 200 valence electrons. The minimum atomic E-state index is -5.21. The standard InChI is InChI=1S/C22H18N2O11S3.2Na/c23-22(24-13-4-3-5-14(12-13)36(27,28)11-10-35-38(32,33)34)18(37(29,30)31)9-8-17-19(22)21(26)16-7-2-1-6-15(16)20(17)25;;/h1-7,9-12,24H,8,23H2,(H,29,30,31)(H,32,33,34);;/q;2*+1/p-1/b11-10+;;. The third kappa shape index (κ3) is 6.86. The minimum Gasteiger partial charge on any atom is -0.716 e. The maximum absolute atomic E-state index is 13.5. The Bertz CT molecular complexity index is 1820. The number of nitrogens with two attached hydrogens (primary N) is 1. The zero-order chi connectivity index (χ0) is 28.1. The molecule has 4 rings (SSSR count). The zero-order valence-corrected chi connectivity index (χ0v) is 27.3. The Balaban J connectivity index is 0.00000280. The summed E-state index contributed by atoms with van der Waals surface area (Å²) >= 11 is 0. The summed E-state index contributed by atoms with van der Waals surface area (Å²) in [6.45, 7) is 0. The van der Waals surface area contributed by atoms with Gasteiger partial charge in [0.05, 0.1) is 15.9 Å². The number of sulfone groups is 1. The summed E-state index contributed by atoms with van der Waals surface area (Å²) in [6, 6.07) is 10.3. The van der Waals surface area contributed by atoms with Crippen LogP contribution in [0.2, 0.25) is 0 Å². The van der Waals surface area contributed by atoms with Crippen LogP contribution >= 0.6 is 0 Å². The minimum absolute atomic E-state index is 0. The Labute approximate surface area is 273 Å². The fraction of sp³-hybridized carbons (Fsp3) is 0.0909. The van der Waals surface area contributed by atoms with Gasteiger partial charge in [-0.1, -0.05) is 36.4 Å². The second-order valence-corrected chi connectivity index (χ2v) is 12.3. The molecule has 0 saturated heterocycles. The Morgan fingerprint density at radius 2 is 1.55 bits per heavy atom. The average Bonchev–Trinajstić information content (AvgIpc) is 2.80. The molecule has 1 atom stereocenters. The van der Waals surface area contributed by atoms with E-state index in [0.717, 1.165) is 18.2 Å². The first-order valence-electron chi connectivity index (χ1n) is 10.4. The normalized spacial score (nSPS) is 19.1. The van der Waals surface area contributed by atoms with Crippen molar-refractivity contribution in [3.8, 4) is 0 Å². The molecular weight excluding hydrogens is 610 g/mol. The first-order valence-corrected chi connectivity index (χ1v) is 14.7. The number of ketones is 2. The summed E-state index contributed by atoms with van der Waals surface area (Å²) in [5.41, 5.74) is 3.26. The van der Waals surface area contributed by atoms with Crippen molar-refractivity contribution in [2.45, 2.75) is 17.0 Å². The van der Waals surface area contributed by atoms with Crippen LogP contribution < -0.4 is 70.2 Å². The fourth-order valence-electron chi connectivity index (χ4n) is 4.17. The molecule has 1 unspecified atom stereocenters. The molecule has 13 nitrogen and oxygen atoms in total. The molecule has 0 aliphatic heterocycles. The van der Waals surface area contributed by atoms with Gasteiger partial charge in [0.25, 0.3) is 20.5 Å². The van der Waals surface area contributed by atoms with Crippen LogP contribution in [0.4, 0.5) is 5.69 Å². The molecule has 0 aromatic heterocycles. The van der Waals surface area contributed by atoms with Crippen molar-refractivity contribution in [2.75, 3.05) is 5.32 Å².